The van der Waals surface area contributed by atoms with E-state index in [-0.39, 0.29) is 57.3 Å². The zero-order chi connectivity index (χ0) is 17.5. The van der Waals surface area contributed by atoms with Crippen molar-refractivity contribution < 1.29 is 66.0 Å². The number of nitrogens with zero attached hydrogens (tertiary/aromatic N) is 1. The Labute approximate surface area is 185 Å². The molecule has 1 amide bonds. The Balaban J connectivity index is 0.000000777. The molecule has 0 radical (unpaired) electrons. The van der Waals surface area contributed by atoms with Gasteiger partial charge in [0, 0.05) is 25.0 Å². The van der Waals surface area contributed by atoms with Crippen molar-refractivity contribution in [1.29, 1.82) is 0 Å². The second-order valence-corrected chi connectivity index (χ2v) is 5.74. The van der Waals surface area contributed by atoms with Crippen LogP contribution >= 0.6 is 0 Å². The van der Waals surface area contributed by atoms with Crippen molar-refractivity contribution in [2.24, 2.45) is 0 Å². The van der Waals surface area contributed by atoms with Gasteiger partial charge in [0.25, 0.3) is 5.91 Å². The summed E-state index contributed by atoms with van der Waals surface area (Å²) in [6.45, 7) is 4.90. The van der Waals surface area contributed by atoms with Gasteiger partial charge in [-0.15, -0.1) is 5.60 Å². The van der Waals surface area contributed by atoms with Gasteiger partial charge in [-0.25, -0.2) is 0 Å². The fourth-order valence-electron chi connectivity index (χ4n) is 1.40. The number of carbonyl (C=O) groups is 1. The minimum atomic E-state index is -0.750. The van der Waals surface area contributed by atoms with Crippen LogP contribution in [0.4, 0.5) is 5.69 Å². The molecule has 0 atom stereocenters. The molecule has 7 heteroatoms. The first kappa shape index (κ1) is 23.0. The van der Waals surface area contributed by atoms with E-state index in [1.807, 2.05) is 0 Å². The third-order valence-electron chi connectivity index (χ3n) is 2.31. The van der Waals surface area contributed by atoms with Crippen molar-refractivity contribution in [3.63, 3.8) is 0 Å². The third kappa shape index (κ3) is 10.0. The van der Waals surface area contributed by atoms with Gasteiger partial charge in [-0.2, -0.15) is 0 Å². The molecule has 0 fully saturated rings. The second-order valence-electron chi connectivity index (χ2n) is 5.74. The van der Waals surface area contributed by atoms with Gasteiger partial charge >= 0.3 is 51.4 Å². The molecule has 0 aliphatic heterocycles. The fraction of sp³-hybridized carbons (Fsp3) is 0.294. The number of carbonyl (C=O) groups excluding carboxylic acids is 1. The molecule has 0 spiro atoms. The molecule has 2 aromatic rings. The second kappa shape index (κ2) is 10.8. The van der Waals surface area contributed by atoms with Crippen molar-refractivity contribution in [3.05, 3.63) is 48.3 Å². The summed E-state index contributed by atoms with van der Waals surface area (Å²) >= 11 is 0. The standard InChI is InChI=1S/C13H13N3O2.C4H9O.K/c1-15-13(17)12-8-11(6-7-16-12)18-10-4-2-9(14)3-5-10;1-4(2,3)5;/h2-8H,14H2,1H3,(H,15,17);1-3H3;/q;-1;+1. The Bertz CT molecular complexity index is 634. The summed E-state index contributed by atoms with van der Waals surface area (Å²) in [7, 11) is 1.55. The molecule has 0 saturated carbocycles. The largest absolute Gasteiger partial charge is 1.00 e. The maximum atomic E-state index is 11.4. The van der Waals surface area contributed by atoms with Crippen molar-refractivity contribution >= 4 is 11.6 Å². The van der Waals surface area contributed by atoms with Crippen LogP contribution in [-0.2, 0) is 0 Å². The quantitative estimate of drug-likeness (QED) is 0.541. The zero-order valence-electron chi connectivity index (χ0n) is 14.8. The monoisotopic (exact) mass is 355 g/mol. The van der Waals surface area contributed by atoms with Crippen LogP contribution < -0.4 is 72.3 Å². The van der Waals surface area contributed by atoms with Gasteiger partial charge in [0.2, 0.25) is 0 Å². The van der Waals surface area contributed by atoms with Gasteiger partial charge in [0.05, 0.1) is 0 Å². The number of aromatic nitrogens is 1. The maximum absolute atomic E-state index is 11.4. The summed E-state index contributed by atoms with van der Waals surface area (Å²) in [6.07, 6.45) is 1.53. The number of nitrogen functional groups attached to an aromatic ring is 1. The molecule has 24 heavy (non-hydrogen) atoms. The number of pyridine rings is 1. The summed E-state index contributed by atoms with van der Waals surface area (Å²) in [6, 6.07) is 10.3. The van der Waals surface area contributed by atoms with Crippen LogP contribution in [0.15, 0.2) is 42.6 Å². The Hall–Kier alpha value is -0.964. The van der Waals surface area contributed by atoms with E-state index in [0.717, 1.165) is 0 Å². The van der Waals surface area contributed by atoms with Crippen LogP contribution in [-0.4, -0.2) is 23.5 Å². The molecule has 124 valence electrons. The van der Waals surface area contributed by atoms with Crippen LogP contribution in [0.25, 0.3) is 0 Å². The van der Waals surface area contributed by atoms with Gasteiger partial charge in [-0.3, -0.25) is 9.78 Å². The topological polar surface area (TPSA) is 100 Å². The Kier molecular flexibility index (Phi) is 10.4. The number of hydrogen-bond acceptors (Lipinski definition) is 5. The number of hydrogen-bond donors (Lipinski definition) is 2. The summed E-state index contributed by atoms with van der Waals surface area (Å²) in [5, 5.41) is 12.6. The number of benzene rings is 1. The molecule has 0 bridgehead atoms. The first-order valence-electron chi connectivity index (χ1n) is 7.11. The summed E-state index contributed by atoms with van der Waals surface area (Å²) in [5.41, 5.74) is 5.81. The van der Waals surface area contributed by atoms with Gasteiger partial charge in [-0.1, -0.05) is 20.8 Å². The van der Waals surface area contributed by atoms with Gasteiger partial charge in [0.1, 0.15) is 17.2 Å². The average Bonchev–Trinajstić information content (AvgIpc) is 2.47. The minimum Gasteiger partial charge on any atom is -0.850 e. The molecule has 0 unspecified atom stereocenters. The molecule has 0 aliphatic carbocycles. The maximum Gasteiger partial charge on any atom is 1.00 e. The first-order valence-corrected chi connectivity index (χ1v) is 7.11. The van der Waals surface area contributed by atoms with Crippen LogP contribution in [0.2, 0.25) is 0 Å². The van der Waals surface area contributed by atoms with Crippen LogP contribution in [0, 0.1) is 0 Å². The Morgan fingerprint density at radius 3 is 2.21 bits per heavy atom. The molecule has 1 aromatic carbocycles. The zero-order valence-corrected chi connectivity index (χ0v) is 17.9. The molecule has 3 N–H and O–H groups in total. The fourth-order valence-corrected chi connectivity index (χ4v) is 1.40. The van der Waals surface area contributed by atoms with Gasteiger partial charge in [0.15, 0.2) is 0 Å². The predicted molar refractivity (Wildman–Crippen MR) is 88.3 cm³/mol. The summed E-state index contributed by atoms with van der Waals surface area (Å²) < 4.78 is 5.59. The van der Waals surface area contributed by atoms with E-state index in [1.165, 1.54) is 6.20 Å². The van der Waals surface area contributed by atoms with E-state index in [1.54, 1.807) is 64.2 Å². The van der Waals surface area contributed by atoms with E-state index in [9.17, 15) is 9.90 Å². The number of rotatable bonds is 3. The van der Waals surface area contributed by atoms with E-state index in [2.05, 4.69) is 10.3 Å². The molecule has 2 rings (SSSR count). The molecule has 1 heterocycles. The third-order valence-corrected chi connectivity index (χ3v) is 2.31. The van der Waals surface area contributed by atoms with Crippen molar-refractivity contribution in [3.8, 4) is 11.5 Å². The minimum absolute atomic E-state index is 0. The van der Waals surface area contributed by atoms with E-state index >= 15 is 0 Å². The Morgan fingerprint density at radius 1 is 1.17 bits per heavy atom. The smallest absolute Gasteiger partial charge is 0.850 e. The summed E-state index contributed by atoms with van der Waals surface area (Å²) in [4.78, 5) is 15.4. The molecular weight excluding hydrogens is 333 g/mol. The van der Waals surface area contributed by atoms with E-state index in [0.29, 0.717) is 22.9 Å². The van der Waals surface area contributed by atoms with Crippen molar-refractivity contribution in [2.45, 2.75) is 26.4 Å². The number of ether oxygens (including phenoxy) is 1. The number of amides is 1. The van der Waals surface area contributed by atoms with Gasteiger partial charge < -0.3 is 20.9 Å². The average molecular weight is 355 g/mol. The van der Waals surface area contributed by atoms with E-state index in [4.69, 9.17) is 10.5 Å². The van der Waals surface area contributed by atoms with Crippen LogP contribution in [0.3, 0.4) is 0 Å². The first-order chi connectivity index (χ1) is 10.7. The molecular formula is C17H22KN3O3. The normalized spacial score (nSPS) is 9.88. The number of anilines is 1. The predicted octanol–water partition coefficient (Wildman–Crippen LogP) is -1.04. The molecule has 0 saturated heterocycles. The van der Waals surface area contributed by atoms with Crippen LogP contribution in [0.5, 0.6) is 11.5 Å². The Morgan fingerprint density at radius 2 is 1.71 bits per heavy atom. The number of nitrogens with two attached hydrogens (primary N) is 1. The van der Waals surface area contributed by atoms with Crippen molar-refractivity contribution in [1.82, 2.24) is 10.3 Å². The summed E-state index contributed by atoms with van der Waals surface area (Å²) in [5.74, 6) is 0.949. The van der Waals surface area contributed by atoms with Crippen LogP contribution in [0.1, 0.15) is 31.3 Å². The molecule has 0 aliphatic rings. The van der Waals surface area contributed by atoms with Crippen molar-refractivity contribution in [2.75, 3.05) is 12.8 Å². The number of nitrogens with one attached hydrogen (secondary N) is 1. The SMILES string of the molecule is CC(C)(C)[O-].CNC(=O)c1cc(Oc2ccc(N)cc2)ccn1.[K+]. The molecule has 6 nitrogen and oxygen atoms in total. The van der Waals surface area contributed by atoms with E-state index < -0.39 is 5.60 Å². The molecule has 1 aromatic heterocycles. The van der Waals surface area contributed by atoms with Gasteiger partial charge in [-0.05, 0) is 30.3 Å².